The molecule has 1 saturated heterocycles. The van der Waals surface area contributed by atoms with Crippen LogP contribution < -0.4 is 10.6 Å². The second kappa shape index (κ2) is 5.69. The van der Waals surface area contributed by atoms with Gasteiger partial charge in [0.1, 0.15) is 5.82 Å². The topological polar surface area (TPSA) is 62.5 Å². The van der Waals surface area contributed by atoms with E-state index in [2.05, 4.69) is 30.7 Å². The average Bonchev–Trinajstić information content (AvgIpc) is 2.38. The minimum absolute atomic E-state index is 0.0483. The number of pyridine rings is 1. The Morgan fingerprint density at radius 2 is 1.90 bits per heavy atom. The molecular weight excluding hydrogens is 252 g/mol. The lowest BCUT2D eigenvalue weighted by molar-refractivity contribution is -0.133. The van der Waals surface area contributed by atoms with Crippen molar-refractivity contribution in [1.82, 2.24) is 9.88 Å². The molecular formula is C15H24N4O. The molecule has 2 heterocycles. The monoisotopic (exact) mass is 276 g/mol. The fraction of sp³-hybridized carbons (Fsp3) is 0.600. The third-order valence-corrected chi connectivity index (χ3v) is 3.41. The number of nitrogens with two attached hydrogens (primary N) is 1. The average molecular weight is 276 g/mol. The van der Waals surface area contributed by atoms with Gasteiger partial charge in [-0.1, -0.05) is 20.8 Å². The maximum Gasteiger partial charge on any atom is 0.223 e. The summed E-state index contributed by atoms with van der Waals surface area (Å²) in [6.07, 6.45) is 2.28. The highest BCUT2D eigenvalue weighted by Gasteiger charge is 2.25. The molecule has 0 unspecified atom stereocenters. The lowest BCUT2D eigenvalue weighted by atomic mass is 9.91. The van der Waals surface area contributed by atoms with Gasteiger partial charge in [-0.05, 0) is 17.5 Å². The zero-order chi connectivity index (χ0) is 14.8. The molecule has 0 radical (unpaired) electrons. The Kier molecular flexibility index (Phi) is 4.16. The number of nitrogens with zero attached hydrogens (tertiary/aromatic N) is 3. The number of rotatable bonds is 2. The Morgan fingerprint density at radius 3 is 2.40 bits per heavy atom. The molecule has 5 nitrogen and oxygen atoms in total. The first-order chi connectivity index (χ1) is 9.35. The highest BCUT2D eigenvalue weighted by atomic mass is 16.2. The van der Waals surface area contributed by atoms with Crippen LogP contribution in [-0.2, 0) is 4.79 Å². The summed E-state index contributed by atoms with van der Waals surface area (Å²) >= 11 is 0. The molecule has 1 amide bonds. The molecule has 0 spiro atoms. The third kappa shape index (κ3) is 3.85. The number of carbonyl (C=O) groups excluding carboxylic acids is 1. The van der Waals surface area contributed by atoms with Gasteiger partial charge in [-0.3, -0.25) is 4.79 Å². The van der Waals surface area contributed by atoms with Crippen LogP contribution in [-0.4, -0.2) is 42.0 Å². The molecule has 0 saturated carbocycles. The summed E-state index contributed by atoms with van der Waals surface area (Å²) in [7, 11) is 0. The van der Waals surface area contributed by atoms with E-state index in [1.54, 1.807) is 6.20 Å². The molecule has 1 aliphatic heterocycles. The van der Waals surface area contributed by atoms with Gasteiger partial charge in [-0.25, -0.2) is 4.98 Å². The second-order valence-corrected chi connectivity index (χ2v) is 6.56. The van der Waals surface area contributed by atoms with E-state index in [9.17, 15) is 4.79 Å². The molecule has 0 aromatic carbocycles. The number of carbonyl (C=O) groups is 1. The molecule has 0 bridgehead atoms. The smallest absolute Gasteiger partial charge is 0.223 e. The second-order valence-electron chi connectivity index (χ2n) is 6.56. The van der Waals surface area contributed by atoms with Gasteiger partial charge in [-0.2, -0.15) is 0 Å². The van der Waals surface area contributed by atoms with Crippen LogP contribution in [0.3, 0.4) is 0 Å². The van der Waals surface area contributed by atoms with Crippen LogP contribution in [0.1, 0.15) is 27.2 Å². The highest BCUT2D eigenvalue weighted by Crippen LogP contribution is 2.21. The van der Waals surface area contributed by atoms with Crippen LogP contribution in [0, 0.1) is 5.41 Å². The van der Waals surface area contributed by atoms with E-state index < -0.39 is 0 Å². The van der Waals surface area contributed by atoms with E-state index >= 15 is 0 Å². The van der Waals surface area contributed by atoms with E-state index in [1.807, 2.05) is 17.0 Å². The molecule has 0 atom stereocenters. The summed E-state index contributed by atoms with van der Waals surface area (Å²) in [4.78, 5) is 20.7. The molecule has 2 N–H and O–H groups in total. The van der Waals surface area contributed by atoms with Crippen molar-refractivity contribution in [1.29, 1.82) is 0 Å². The number of nitrogen functional groups attached to an aromatic ring is 1. The first-order valence-corrected chi connectivity index (χ1v) is 7.09. The van der Waals surface area contributed by atoms with Crippen LogP contribution in [0.2, 0.25) is 0 Å². The van der Waals surface area contributed by atoms with Gasteiger partial charge in [0.2, 0.25) is 5.91 Å². The number of hydrogen-bond donors (Lipinski definition) is 1. The normalized spacial score (nSPS) is 16.4. The first-order valence-electron chi connectivity index (χ1n) is 7.09. The highest BCUT2D eigenvalue weighted by molar-refractivity contribution is 5.77. The Balaban J connectivity index is 1.89. The summed E-state index contributed by atoms with van der Waals surface area (Å²) in [6, 6.07) is 3.79. The predicted octanol–water partition coefficient (Wildman–Crippen LogP) is 1.75. The summed E-state index contributed by atoms with van der Waals surface area (Å²) in [6.45, 7) is 9.47. The van der Waals surface area contributed by atoms with Crippen molar-refractivity contribution in [2.24, 2.45) is 5.41 Å². The maximum absolute atomic E-state index is 12.2. The van der Waals surface area contributed by atoms with E-state index in [0.717, 1.165) is 32.0 Å². The largest absolute Gasteiger partial charge is 0.397 e. The van der Waals surface area contributed by atoms with Crippen molar-refractivity contribution in [3.8, 4) is 0 Å². The maximum atomic E-state index is 12.2. The van der Waals surface area contributed by atoms with Crippen molar-refractivity contribution in [2.75, 3.05) is 36.8 Å². The summed E-state index contributed by atoms with van der Waals surface area (Å²) in [5, 5.41) is 0. The van der Waals surface area contributed by atoms with Gasteiger partial charge >= 0.3 is 0 Å². The molecule has 1 aromatic rings. The predicted molar refractivity (Wildman–Crippen MR) is 81.5 cm³/mol. The van der Waals surface area contributed by atoms with E-state index in [0.29, 0.717) is 12.1 Å². The van der Waals surface area contributed by atoms with Gasteiger partial charge in [-0.15, -0.1) is 0 Å². The molecule has 20 heavy (non-hydrogen) atoms. The fourth-order valence-corrected chi connectivity index (χ4v) is 2.33. The number of piperazine rings is 1. The van der Waals surface area contributed by atoms with Gasteiger partial charge < -0.3 is 15.5 Å². The van der Waals surface area contributed by atoms with Crippen molar-refractivity contribution in [3.63, 3.8) is 0 Å². The number of anilines is 2. The molecule has 5 heteroatoms. The van der Waals surface area contributed by atoms with Crippen LogP contribution in [0.4, 0.5) is 11.5 Å². The molecule has 0 aliphatic carbocycles. The number of aromatic nitrogens is 1. The Bertz CT molecular complexity index is 456. The summed E-state index contributed by atoms with van der Waals surface area (Å²) < 4.78 is 0. The van der Waals surface area contributed by atoms with Gasteiger partial charge in [0.15, 0.2) is 0 Å². The standard InChI is InChI=1S/C15H24N4O/c1-15(2,3)10-14(20)19-8-6-18(7-9-19)13-5-4-12(16)11-17-13/h4-5,11H,6-10,16H2,1-3H3. The lowest BCUT2D eigenvalue weighted by Crippen LogP contribution is -2.49. The minimum Gasteiger partial charge on any atom is -0.397 e. The molecule has 2 rings (SSSR count). The zero-order valence-electron chi connectivity index (χ0n) is 12.6. The first kappa shape index (κ1) is 14.6. The Hall–Kier alpha value is -1.78. The van der Waals surface area contributed by atoms with Gasteiger partial charge in [0, 0.05) is 32.6 Å². The zero-order valence-corrected chi connectivity index (χ0v) is 12.6. The Labute approximate surface area is 120 Å². The fourth-order valence-electron chi connectivity index (χ4n) is 2.33. The summed E-state index contributed by atoms with van der Waals surface area (Å²) in [5.41, 5.74) is 6.37. The SMILES string of the molecule is CC(C)(C)CC(=O)N1CCN(c2ccc(N)cn2)CC1. The van der Waals surface area contributed by atoms with Gasteiger partial charge in [0.05, 0.1) is 11.9 Å². The van der Waals surface area contributed by atoms with Gasteiger partial charge in [0.25, 0.3) is 0 Å². The minimum atomic E-state index is 0.0483. The summed E-state index contributed by atoms with van der Waals surface area (Å²) in [5.74, 6) is 1.18. The quantitative estimate of drug-likeness (QED) is 0.894. The number of hydrogen-bond acceptors (Lipinski definition) is 4. The van der Waals surface area contributed by atoms with E-state index in [1.165, 1.54) is 0 Å². The van der Waals surface area contributed by atoms with Crippen molar-refractivity contribution in [2.45, 2.75) is 27.2 Å². The molecule has 1 aromatic heterocycles. The third-order valence-electron chi connectivity index (χ3n) is 3.41. The lowest BCUT2D eigenvalue weighted by Gasteiger charge is -2.36. The van der Waals surface area contributed by atoms with E-state index in [4.69, 9.17) is 5.73 Å². The van der Waals surface area contributed by atoms with E-state index in [-0.39, 0.29) is 11.3 Å². The Morgan fingerprint density at radius 1 is 1.25 bits per heavy atom. The van der Waals surface area contributed by atoms with Crippen molar-refractivity contribution < 1.29 is 4.79 Å². The molecule has 1 aliphatic rings. The molecule has 110 valence electrons. The van der Waals surface area contributed by atoms with Crippen LogP contribution in [0.5, 0.6) is 0 Å². The molecule has 1 fully saturated rings. The van der Waals surface area contributed by atoms with Crippen LogP contribution >= 0.6 is 0 Å². The van der Waals surface area contributed by atoms with Crippen LogP contribution in [0.25, 0.3) is 0 Å². The van der Waals surface area contributed by atoms with Crippen molar-refractivity contribution in [3.05, 3.63) is 18.3 Å². The number of amides is 1. The van der Waals surface area contributed by atoms with Crippen LogP contribution in [0.15, 0.2) is 18.3 Å². The van der Waals surface area contributed by atoms with Crippen molar-refractivity contribution >= 4 is 17.4 Å².